The van der Waals surface area contributed by atoms with Gasteiger partial charge in [0, 0.05) is 11.6 Å². The lowest BCUT2D eigenvalue weighted by Crippen LogP contribution is -2.30. The zero-order valence-corrected chi connectivity index (χ0v) is 11.4. The second kappa shape index (κ2) is 6.27. The van der Waals surface area contributed by atoms with Crippen LogP contribution >= 0.6 is 0 Å². The van der Waals surface area contributed by atoms with Crippen molar-refractivity contribution in [3.63, 3.8) is 0 Å². The van der Waals surface area contributed by atoms with Gasteiger partial charge in [0.2, 0.25) is 0 Å². The van der Waals surface area contributed by atoms with Gasteiger partial charge < -0.3 is 4.74 Å². The second-order valence-electron chi connectivity index (χ2n) is 4.55. The Kier molecular flexibility index (Phi) is 4.96. The van der Waals surface area contributed by atoms with Gasteiger partial charge in [-0.05, 0) is 32.4 Å². The van der Waals surface area contributed by atoms with Crippen molar-refractivity contribution >= 4 is 11.7 Å². The average Bonchev–Trinajstić information content (AvgIpc) is 2.38. The highest BCUT2D eigenvalue weighted by Gasteiger charge is 2.34. The van der Waals surface area contributed by atoms with Gasteiger partial charge >= 0.3 is 5.97 Å². The highest BCUT2D eigenvalue weighted by atomic mass is 19.1. The van der Waals surface area contributed by atoms with Gasteiger partial charge in [0.15, 0.2) is 0 Å². The number of hydrogen-bond acceptors (Lipinski definition) is 4. The van der Waals surface area contributed by atoms with Gasteiger partial charge in [-0.15, -0.1) is 6.58 Å². The van der Waals surface area contributed by atoms with Crippen molar-refractivity contribution in [2.24, 2.45) is 5.41 Å². The molecule has 0 amide bonds. The molecule has 0 fully saturated rings. The molecule has 0 aliphatic rings. The van der Waals surface area contributed by atoms with Crippen molar-refractivity contribution < 1.29 is 18.8 Å². The van der Waals surface area contributed by atoms with Crippen LogP contribution in [-0.4, -0.2) is 17.5 Å². The Bertz CT molecular complexity index is 544. The molecule has 0 aliphatic heterocycles. The third-order valence-corrected chi connectivity index (χ3v) is 2.99. The van der Waals surface area contributed by atoms with Crippen LogP contribution in [0.4, 0.5) is 10.1 Å². The number of rotatable bonds is 6. The van der Waals surface area contributed by atoms with E-state index in [9.17, 15) is 19.3 Å². The zero-order valence-electron chi connectivity index (χ0n) is 11.4. The van der Waals surface area contributed by atoms with E-state index in [1.807, 2.05) is 0 Å². The topological polar surface area (TPSA) is 69.4 Å². The molecular formula is C14H16FNO4. The van der Waals surface area contributed by atoms with E-state index >= 15 is 0 Å². The maximum atomic E-state index is 13.3. The Hall–Kier alpha value is -2.24. The first-order valence-electron chi connectivity index (χ1n) is 6.07. The molecular weight excluding hydrogens is 265 g/mol. The number of benzene rings is 1. The molecule has 6 heteroatoms. The minimum absolute atomic E-state index is 0.0522. The number of nitro benzene ring substituents is 1. The summed E-state index contributed by atoms with van der Waals surface area (Å²) in [6.45, 7) is 6.96. The summed E-state index contributed by atoms with van der Waals surface area (Å²) >= 11 is 0. The van der Waals surface area contributed by atoms with Crippen molar-refractivity contribution in [2.45, 2.75) is 20.3 Å². The first-order chi connectivity index (χ1) is 9.34. The van der Waals surface area contributed by atoms with Gasteiger partial charge in [-0.25, -0.2) is 4.39 Å². The molecule has 0 radical (unpaired) electrons. The predicted molar refractivity (Wildman–Crippen MR) is 71.7 cm³/mol. The molecule has 20 heavy (non-hydrogen) atoms. The van der Waals surface area contributed by atoms with E-state index in [2.05, 4.69) is 6.58 Å². The molecule has 0 aliphatic carbocycles. The first-order valence-corrected chi connectivity index (χ1v) is 6.07. The van der Waals surface area contributed by atoms with E-state index in [-0.39, 0.29) is 24.3 Å². The van der Waals surface area contributed by atoms with Crippen LogP contribution in [0.1, 0.15) is 19.4 Å². The van der Waals surface area contributed by atoms with Crippen molar-refractivity contribution in [3.8, 4) is 0 Å². The summed E-state index contributed by atoms with van der Waals surface area (Å²) in [7, 11) is 0. The Balaban J connectivity index is 3.18. The highest BCUT2D eigenvalue weighted by Crippen LogP contribution is 2.30. The Morgan fingerprint density at radius 3 is 2.75 bits per heavy atom. The van der Waals surface area contributed by atoms with Crippen molar-refractivity contribution in [1.29, 1.82) is 0 Å². The molecule has 0 bridgehead atoms. The van der Waals surface area contributed by atoms with Crippen molar-refractivity contribution in [3.05, 3.63) is 52.3 Å². The molecule has 0 saturated heterocycles. The number of hydrogen-bond donors (Lipinski definition) is 0. The lowest BCUT2D eigenvalue weighted by molar-refractivity contribution is -0.385. The minimum atomic E-state index is -1.14. The second-order valence-corrected chi connectivity index (χ2v) is 4.55. The summed E-state index contributed by atoms with van der Waals surface area (Å²) < 4.78 is 18.2. The largest absolute Gasteiger partial charge is 0.465 e. The molecule has 1 unspecified atom stereocenters. The molecule has 0 N–H and O–H groups in total. The molecule has 0 aromatic heterocycles. The van der Waals surface area contributed by atoms with Gasteiger partial charge in [0.05, 0.1) is 16.9 Å². The van der Waals surface area contributed by atoms with E-state index < -0.39 is 22.1 Å². The van der Waals surface area contributed by atoms with Crippen LogP contribution in [0.25, 0.3) is 0 Å². The van der Waals surface area contributed by atoms with Gasteiger partial charge in [0.1, 0.15) is 5.82 Å². The number of carbonyl (C=O) groups excluding carboxylic acids is 1. The molecule has 1 aromatic rings. The fourth-order valence-corrected chi connectivity index (χ4v) is 1.79. The summed E-state index contributed by atoms with van der Waals surface area (Å²) in [5.74, 6) is -1.14. The third kappa shape index (κ3) is 3.40. The maximum Gasteiger partial charge on any atom is 0.315 e. The standard InChI is InChI=1S/C14H16FNO4/c1-4-14(3,13(17)20-5-2)9-10-8-11(15)6-7-12(10)16(18)19/h4,6-8H,1,5,9H2,2-3H3. The zero-order chi connectivity index (χ0) is 15.3. The molecule has 0 spiro atoms. The van der Waals surface area contributed by atoms with Crippen LogP contribution in [0.5, 0.6) is 0 Å². The minimum Gasteiger partial charge on any atom is -0.465 e. The van der Waals surface area contributed by atoms with Gasteiger partial charge in [0.25, 0.3) is 5.69 Å². The lowest BCUT2D eigenvalue weighted by Gasteiger charge is -2.23. The van der Waals surface area contributed by atoms with Crippen LogP contribution in [-0.2, 0) is 16.0 Å². The Morgan fingerprint density at radius 2 is 2.25 bits per heavy atom. The number of esters is 1. The quantitative estimate of drug-likeness (QED) is 0.348. The smallest absolute Gasteiger partial charge is 0.315 e. The van der Waals surface area contributed by atoms with Crippen LogP contribution < -0.4 is 0 Å². The van der Waals surface area contributed by atoms with Gasteiger partial charge in [-0.1, -0.05) is 6.08 Å². The fourth-order valence-electron chi connectivity index (χ4n) is 1.79. The molecule has 0 saturated carbocycles. The number of nitro groups is 1. The lowest BCUT2D eigenvalue weighted by atomic mass is 9.83. The number of carbonyl (C=O) groups is 1. The Morgan fingerprint density at radius 1 is 1.60 bits per heavy atom. The van der Waals surface area contributed by atoms with Crippen LogP contribution in [0.3, 0.4) is 0 Å². The number of halogens is 1. The van der Waals surface area contributed by atoms with E-state index in [4.69, 9.17) is 4.74 Å². The van der Waals surface area contributed by atoms with Crippen LogP contribution in [0.2, 0.25) is 0 Å². The summed E-state index contributed by atoms with van der Waals surface area (Å²) in [5, 5.41) is 10.9. The molecule has 108 valence electrons. The fraction of sp³-hybridized carbons (Fsp3) is 0.357. The van der Waals surface area contributed by atoms with E-state index in [0.717, 1.165) is 18.2 Å². The van der Waals surface area contributed by atoms with Gasteiger partial charge in [-0.2, -0.15) is 0 Å². The Labute approximate surface area is 116 Å². The molecule has 5 nitrogen and oxygen atoms in total. The van der Waals surface area contributed by atoms with Crippen molar-refractivity contribution in [1.82, 2.24) is 0 Å². The van der Waals surface area contributed by atoms with Crippen molar-refractivity contribution in [2.75, 3.05) is 6.61 Å². The monoisotopic (exact) mass is 281 g/mol. The molecule has 1 aromatic carbocycles. The number of ether oxygens (including phenoxy) is 1. The summed E-state index contributed by atoms with van der Waals surface area (Å²) in [4.78, 5) is 22.2. The predicted octanol–water partition coefficient (Wildman–Crippen LogP) is 3.03. The van der Waals surface area contributed by atoms with E-state index in [1.165, 1.54) is 6.08 Å². The summed E-state index contributed by atoms with van der Waals surface area (Å²) in [5.41, 5.74) is -1.25. The normalized spacial score (nSPS) is 13.3. The number of nitrogens with zero attached hydrogens (tertiary/aromatic N) is 1. The summed E-state index contributed by atoms with van der Waals surface area (Å²) in [6, 6.07) is 3.15. The first kappa shape index (κ1) is 15.8. The molecule has 1 atom stereocenters. The highest BCUT2D eigenvalue weighted by molar-refractivity contribution is 5.79. The van der Waals surface area contributed by atoms with E-state index in [0.29, 0.717) is 0 Å². The van der Waals surface area contributed by atoms with Crippen LogP contribution in [0, 0.1) is 21.3 Å². The van der Waals surface area contributed by atoms with Crippen LogP contribution in [0.15, 0.2) is 30.9 Å². The van der Waals surface area contributed by atoms with Gasteiger partial charge in [-0.3, -0.25) is 14.9 Å². The third-order valence-electron chi connectivity index (χ3n) is 2.99. The average molecular weight is 281 g/mol. The molecule has 0 heterocycles. The maximum absolute atomic E-state index is 13.3. The molecule has 1 rings (SSSR count). The summed E-state index contributed by atoms with van der Waals surface area (Å²) in [6.07, 6.45) is 1.31. The van der Waals surface area contributed by atoms with E-state index in [1.54, 1.807) is 13.8 Å². The SMILES string of the molecule is C=CC(C)(Cc1cc(F)ccc1[N+](=O)[O-])C(=O)OCC.